The van der Waals surface area contributed by atoms with Crippen LogP contribution < -0.4 is 42.5 Å². The van der Waals surface area contributed by atoms with Gasteiger partial charge in [0.1, 0.15) is 29.7 Å². The number of aliphatic carboxylic acids is 1. The van der Waals surface area contributed by atoms with E-state index in [2.05, 4.69) is 36.9 Å². The van der Waals surface area contributed by atoms with Gasteiger partial charge in [-0.3, -0.25) is 57.9 Å². The van der Waals surface area contributed by atoms with Crippen LogP contribution in [-0.4, -0.2) is 217 Å². The summed E-state index contributed by atoms with van der Waals surface area (Å²) in [5.41, 5.74) is 8.85. The normalized spacial score (nSPS) is 16.1. The van der Waals surface area contributed by atoms with Crippen LogP contribution in [0.5, 0.6) is 0 Å². The highest BCUT2D eigenvalue weighted by molar-refractivity contribution is 7.09. The summed E-state index contributed by atoms with van der Waals surface area (Å²) in [7, 11) is 8.33. The summed E-state index contributed by atoms with van der Waals surface area (Å²) in [5, 5.41) is 27.0. The Hall–Kier alpha value is -9.86. The predicted molar refractivity (Wildman–Crippen MR) is 425 cm³/mol. The first-order valence-electron chi connectivity index (χ1n) is 38.6. The molecule has 9 N–H and O–H groups in total. The lowest BCUT2D eigenvalue weighted by molar-refractivity contribution is -0.192. The maximum absolute atomic E-state index is 14.9. The number of alkyl halides is 3. The van der Waals surface area contributed by atoms with Gasteiger partial charge in [0.05, 0.1) is 48.7 Å². The number of nitrogens with zero attached hydrogens (tertiary/aromatic N) is 6. The second-order valence-electron chi connectivity index (χ2n) is 29.9. The molecule has 1 fully saturated rings. The van der Waals surface area contributed by atoms with E-state index in [1.165, 1.54) is 28.4 Å². The van der Waals surface area contributed by atoms with E-state index in [0.29, 0.717) is 75.0 Å². The lowest BCUT2D eigenvalue weighted by Crippen LogP contribution is -2.60. The number of hydrogen-bond acceptors (Lipinski definition) is 18. The van der Waals surface area contributed by atoms with Gasteiger partial charge in [0, 0.05) is 96.0 Å². The van der Waals surface area contributed by atoms with Gasteiger partial charge in [-0.1, -0.05) is 130 Å². The fraction of sp³-hybridized carbons (Fsp3) is 0.568. The number of rotatable bonds is 43. The second kappa shape index (κ2) is 46.5. The van der Waals surface area contributed by atoms with Gasteiger partial charge < -0.3 is 66.8 Å². The highest BCUT2D eigenvalue weighted by atomic mass is 32.1. The molecule has 0 aliphatic carbocycles. The molecule has 0 unspecified atom stereocenters. The van der Waals surface area contributed by atoms with Crippen molar-refractivity contribution in [2.24, 2.45) is 35.3 Å². The van der Waals surface area contributed by atoms with Crippen LogP contribution in [0.15, 0.2) is 103 Å². The van der Waals surface area contributed by atoms with Crippen LogP contribution in [0, 0.1) is 29.6 Å². The molecule has 2 aliphatic heterocycles. The third-order valence-electron chi connectivity index (χ3n) is 20.4. The first kappa shape index (κ1) is 94.7. The number of carboxylic acids is 1. The van der Waals surface area contributed by atoms with Crippen molar-refractivity contribution in [3.05, 3.63) is 124 Å². The average molecular weight is 1620 g/mol. The van der Waals surface area contributed by atoms with Crippen LogP contribution in [0.3, 0.4) is 0 Å². The first-order chi connectivity index (χ1) is 53.9. The number of nitrogens with two attached hydrogens (primary N) is 1. The lowest BCUT2D eigenvalue weighted by Gasteiger charge is -2.41. The number of ether oxygens (including phenoxy) is 3. The highest BCUT2D eigenvalue weighted by Gasteiger charge is 2.44. The summed E-state index contributed by atoms with van der Waals surface area (Å²) in [6.45, 7) is 18.4. The van der Waals surface area contributed by atoms with Crippen molar-refractivity contribution in [3.8, 4) is 0 Å². The summed E-state index contributed by atoms with van der Waals surface area (Å²) < 4.78 is 49.7. The van der Waals surface area contributed by atoms with Crippen molar-refractivity contribution in [1.29, 1.82) is 0 Å². The molecule has 1 saturated heterocycles. The molecule has 2 aliphatic rings. The number of likely N-dealkylation sites (N-methyl/N-ethyl adjacent to an activating group) is 2. The van der Waals surface area contributed by atoms with E-state index >= 15 is 0 Å². The Balaban J connectivity index is 0.00000316. The molecule has 4 aromatic rings. The zero-order valence-corrected chi connectivity index (χ0v) is 68.6. The third kappa shape index (κ3) is 29.2. The number of carboxylic acid groups (broad SMARTS) is 1. The summed E-state index contributed by atoms with van der Waals surface area (Å²) in [6, 6.07) is 18.4. The van der Waals surface area contributed by atoms with E-state index in [1.54, 1.807) is 77.5 Å². The van der Waals surface area contributed by atoms with Crippen molar-refractivity contribution >= 4 is 94.0 Å². The molecule has 6 rings (SSSR count). The van der Waals surface area contributed by atoms with Crippen LogP contribution in [0.2, 0.25) is 0 Å². The van der Waals surface area contributed by atoms with Gasteiger partial charge in [-0.2, -0.15) is 13.2 Å². The number of hydrogen-bond donors (Lipinski definition) is 8. The highest BCUT2D eigenvalue weighted by Crippen LogP contribution is 2.32. The van der Waals surface area contributed by atoms with Gasteiger partial charge in [-0.15, -0.1) is 11.3 Å². The number of likely N-dealkylation sites (tertiary alicyclic amines) is 1. The molecule has 3 heterocycles. The topological polar surface area (TPSA) is 380 Å². The minimum absolute atomic E-state index is 0.0263. The largest absolute Gasteiger partial charge is 0.490 e. The quantitative estimate of drug-likeness (QED) is 0.0152. The SMILES string of the molecule is CC[C@H](C)[C@@H]([C@@H](CC(=O)N1CCC[C@H]1[C@H](OC)[C@@H](C)C(=O)N[C@@H](Cc1ccccc1)c1nccs1)OC)N(C)C(=O)[C@@H](NC(=O)[C@H](C(C)C)N(C)CCc1ccc(N(C)C(=O)OCc2ccc(NC(=O)[C@H](CCCNC(N)=O)NC(=O)[C@@H](NC(=O)CCCCCN3C(=O)C=CC3=O)C(C)C)cc2)cc1)C(C)C.O=C(O)C(F)(F)F. The number of methoxy groups -OCH3 is 2. The number of thiazole rings is 1. The van der Waals surface area contributed by atoms with Crippen molar-refractivity contribution in [2.75, 3.05) is 71.8 Å². The molecule has 0 bridgehead atoms. The van der Waals surface area contributed by atoms with Crippen molar-refractivity contribution in [2.45, 2.75) is 207 Å². The van der Waals surface area contributed by atoms with Gasteiger partial charge in [-0.25, -0.2) is 19.4 Å². The van der Waals surface area contributed by atoms with E-state index in [-0.39, 0.29) is 122 Å². The number of nitrogens with one attached hydrogen (secondary N) is 6. The maximum Gasteiger partial charge on any atom is 0.490 e. The number of aromatic nitrogens is 1. The molecule has 3 aromatic carbocycles. The predicted octanol–water partition coefficient (Wildman–Crippen LogP) is 8.71. The standard InChI is InChI=1S/C79H115N13O14S.C2HF3O2/c1-15-52(8)70(62(104-13)47-66(96)91-43-23-27-61(91)71(105-14)53(9)72(97)85-60(76-81-41-45-107-76)46-55-24-18-16-19-25-55)90(12)77(101)68(50(4)5)87-75(100)69(51(6)7)88(10)44-39-54-31-35-58(36-32-54)89(11)79(103)106-48-56-29-33-57(34-30-56)83-73(98)59(26-22-40-82-78(80)102)84-74(99)67(49(2)3)86-63(93)28-20-17-21-42-92-64(94)37-38-65(92)95;3-2(4,5)1(6)7/h16,18-19,24-25,29-38,41,45,49-53,59-62,67-71H,15,17,20-23,26-28,39-40,42-44,46-48H2,1-14H3,(H,83,98)(H,84,99)(H,85,97)(H,86,93)(H,87,100)(H3,80,82,102);(H,6,7)/t52-,53+,59-,60-,61-,62+,67-,68-,69-,70-,71+;/m0./s1. The second-order valence-corrected chi connectivity index (χ2v) is 30.8. The zero-order chi connectivity index (χ0) is 84.7. The molecule has 114 heavy (non-hydrogen) atoms. The number of benzene rings is 3. The van der Waals surface area contributed by atoms with E-state index in [4.69, 9.17) is 29.8 Å². The molecule has 0 radical (unpaired) electrons. The van der Waals surface area contributed by atoms with Crippen LogP contribution in [0.25, 0.3) is 0 Å². The van der Waals surface area contributed by atoms with Crippen LogP contribution >= 0.6 is 11.3 Å². The Morgan fingerprint density at radius 1 is 0.728 bits per heavy atom. The third-order valence-corrected chi connectivity index (χ3v) is 21.3. The average Bonchev–Trinajstić information content (AvgIpc) is 1.31. The smallest absolute Gasteiger partial charge is 0.475 e. The van der Waals surface area contributed by atoms with Gasteiger partial charge in [-0.05, 0) is 123 Å². The number of primary amides is 1. The van der Waals surface area contributed by atoms with Gasteiger partial charge in [0.25, 0.3) is 11.8 Å². The molecule has 29 nitrogen and oxygen atoms in total. The monoisotopic (exact) mass is 1620 g/mol. The van der Waals surface area contributed by atoms with Crippen LogP contribution in [0.1, 0.15) is 154 Å². The summed E-state index contributed by atoms with van der Waals surface area (Å²) in [5.74, 6) is -7.48. The van der Waals surface area contributed by atoms with Crippen molar-refractivity contribution < 1.29 is 90.0 Å². The summed E-state index contributed by atoms with van der Waals surface area (Å²) in [6.07, 6.45) is 2.34. The molecule has 0 spiro atoms. The van der Waals surface area contributed by atoms with Gasteiger partial charge in [0.15, 0.2) is 0 Å². The number of carbonyl (C=O) groups is 12. The number of imide groups is 1. The Morgan fingerprint density at radius 2 is 1.36 bits per heavy atom. The van der Waals surface area contributed by atoms with E-state index in [0.717, 1.165) is 27.5 Å². The number of halogens is 3. The molecule has 12 amide bonds. The number of unbranched alkanes of at least 4 members (excludes halogenated alkanes) is 2. The van der Waals surface area contributed by atoms with E-state index in [1.807, 2.05) is 125 Å². The minimum Gasteiger partial charge on any atom is -0.475 e. The van der Waals surface area contributed by atoms with Crippen LogP contribution in [-0.2, 0) is 81.6 Å². The molecular weight excluding hydrogens is 1500 g/mol. The maximum atomic E-state index is 14.9. The molecule has 1 aromatic heterocycles. The van der Waals surface area contributed by atoms with E-state index < -0.39 is 84.4 Å². The van der Waals surface area contributed by atoms with E-state index in [9.17, 15) is 65.9 Å². The molecule has 0 saturated carbocycles. The molecule has 33 heteroatoms. The number of urea groups is 1. The Kier molecular flexibility index (Phi) is 38.6. The fourth-order valence-electron chi connectivity index (χ4n) is 13.9. The van der Waals surface area contributed by atoms with Gasteiger partial charge >= 0.3 is 24.3 Å². The van der Waals surface area contributed by atoms with Crippen molar-refractivity contribution in [1.82, 2.24) is 51.2 Å². The number of amides is 12. The molecule has 11 atom stereocenters. The van der Waals surface area contributed by atoms with Crippen molar-refractivity contribution in [3.63, 3.8) is 0 Å². The molecule has 628 valence electrons. The Labute approximate surface area is 670 Å². The first-order valence-corrected chi connectivity index (χ1v) is 39.5. The number of anilines is 2. The molecular formula is C81H116F3N13O16S. The van der Waals surface area contributed by atoms with Gasteiger partial charge in [0.2, 0.25) is 41.4 Å². The summed E-state index contributed by atoms with van der Waals surface area (Å²) >= 11 is 1.48. The fourth-order valence-corrected chi connectivity index (χ4v) is 14.5. The Bertz CT molecular complexity index is 3820. The summed E-state index contributed by atoms with van der Waals surface area (Å²) in [4.78, 5) is 169. The lowest BCUT2D eigenvalue weighted by atomic mass is 9.89. The minimum atomic E-state index is -5.08. The Morgan fingerprint density at radius 3 is 1.92 bits per heavy atom. The number of carbonyl (C=O) groups excluding carboxylic acids is 11. The zero-order valence-electron chi connectivity index (χ0n) is 67.8. The van der Waals surface area contributed by atoms with Crippen LogP contribution in [0.4, 0.5) is 34.1 Å².